The first-order valence-corrected chi connectivity index (χ1v) is 6.80. The largest absolute Gasteiger partial charge is 0.476 e. The first-order chi connectivity index (χ1) is 10.6. The van der Waals surface area contributed by atoms with Gasteiger partial charge in [-0.1, -0.05) is 18.2 Å². The molecule has 1 atom stereocenters. The van der Waals surface area contributed by atoms with E-state index in [1.165, 1.54) is 10.6 Å². The lowest BCUT2D eigenvalue weighted by Gasteiger charge is -2.11. The average Bonchev–Trinajstić information content (AvgIpc) is 2.97. The monoisotopic (exact) mass is 297 g/mol. The van der Waals surface area contributed by atoms with E-state index in [4.69, 9.17) is 9.84 Å². The molecular formula is C16H15N3O3. The summed E-state index contributed by atoms with van der Waals surface area (Å²) in [5.74, 6) is -1.07. The van der Waals surface area contributed by atoms with Gasteiger partial charge in [0.05, 0.1) is 6.10 Å². The number of aromatic nitrogens is 3. The van der Waals surface area contributed by atoms with E-state index in [0.29, 0.717) is 5.65 Å². The fourth-order valence-electron chi connectivity index (χ4n) is 2.24. The number of fused-ring (bicyclic) bond motifs is 1. The third-order valence-corrected chi connectivity index (χ3v) is 3.58. The Bertz CT molecular complexity index is 842. The van der Waals surface area contributed by atoms with Gasteiger partial charge < -0.3 is 9.84 Å². The third-order valence-electron chi connectivity index (χ3n) is 3.58. The maximum atomic E-state index is 11.0. The van der Waals surface area contributed by atoms with E-state index in [2.05, 4.69) is 10.1 Å². The predicted molar refractivity (Wildman–Crippen MR) is 80.8 cm³/mol. The van der Waals surface area contributed by atoms with Gasteiger partial charge in [0.2, 0.25) is 0 Å². The number of carboxylic acid groups (broad SMARTS) is 1. The minimum atomic E-state index is -1.07. The van der Waals surface area contributed by atoms with Crippen LogP contribution in [0.4, 0.5) is 0 Å². The Balaban J connectivity index is 2.04. The van der Waals surface area contributed by atoms with Crippen LogP contribution < -0.4 is 0 Å². The Morgan fingerprint density at radius 1 is 1.32 bits per heavy atom. The van der Waals surface area contributed by atoms with Gasteiger partial charge in [-0.3, -0.25) is 0 Å². The van der Waals surface area contributed by atoms with Crippen molar-refractivity contribution in [1.29, 1.82) is 0 Å². The maximum absolute atomic E-state index is 11.0. The van der Waals surface area contributed by atoms with E-state index in [1.807, 2.05) is 31.2 Å². The molecule has 0 radical (unpaired) electrons. The smallest absolute Gasteiger partial charge is 0.356 e. The first kappa shape index (κ1) is 14.2. The second-order valence-electron chi connectivity index (χ2n) is 4.98. The van der Waals surface area contributed by atoms with E-state index in [1.54, 1.807) is 19.5 Å². The highest BCUT2D eigenvalue weighted by atomic mass is 16.5. The van der Waals surface area contributed by atoms with Gasteiger partial charge in [-0.05, 0) is 24.1 Å². The number of carbonyl (C=O) groups is 1. The molecule has 2 aromatic heterocycles. The van der Waals surface area contributed by atoms with Crippen molar-refractivity contribution in [2.24, 2.45) is 0 Å². The second kappa shape index (κ2) is 5.57. The summed E-state index contributed by atoms with van der Waals surface area (Å²) in [5, 5.41) is 13.0. The van der Waals surface area contributed by atoms with E-state index < -0.39 is 5.97 Å². The van der Waals surface area contributed by atoms with Gasteiger partial charge in [-0.15, -0.1) is 0 Å². The number of hydrogen-bond donors (Lipinski definition) is 1. The molecule has 0 bridgehead atoms. The highest BCUT2D eigenvalue weighted by Gasteiger charge is 2.11. The minimum Gasteiger partial charge on any atom is -0.476 e. The lowest BCUT2D eigenvalue weighted by atomic mass is 10.0. The van der Waals surface area contributed by atoms with Gasteiger partial charge in [0.25, 0.3) is 0 Å². The highest BCUT2D eigenvalue weighted by Crippen LogP contribution is 2.24. The van der Waals surface area contributed by atoms with Crippen LogP contribution in [0, 0.1) is 0 Å². The second-order valence-corrected chi connectivity index (χ2v) is 4.98. The number of aromatic carboxylic acids is 1. The van der Waals surface area contributed by atoms with E-state index >= 15 is 0 Å². The topological polar surface area (TPSA) is 76.7 Å². The van der Waals surface area contributed by atoms with Crippen LogP contribution in [-0.2, 0) is 4.74 Å². The number of rotatable bonds is 4. The van der Waals surface area contributed by atoms with Gasteiger partial charge >= 0.3 is 5.97 Å². The van der Waals surface area contributed by atoms with Crippen LogP contribution >= 0.6 is 0 Å². The van der Waals surface area contributed by atoms with Crippen molar-refractivity contribution in [3.8, 4) is 11.1 Å². The molecule has 0 unspecified atom stereocenters. The number of hydrogen-bond acceptors (Lipinski definition) is 4. The minimum absolute atomic E-state index is 0.0000401. The van der Waals surface area contributed by atoms with Crippen molar-refractivity contribution in [3.63, 3.8) is 0 Å². The average molecular weight is 297 g/mol. The van der Waals surface area contributed by atoms with Gasteiger partial charge in [-0.2, -0.15) is 5.10 Å². The van der Waals surface area contributed by atoms with Crippen molar-refractivity contribution in [1.82, 2.24) is 14.6 Å². The van der Waals surface area contributed by atoms with Gasteiger partial charge in [0, 0.05) is 31.1 Å². The summed E-state index contributed by atoms with van der Waals surface area (Å²) in [5.41, 5.74) is 3.38. The fourth-order valence-corrected chi connectivity index (χ4v) is 2.24. The van der Waals surface area contributed by atoms with Crippen molar-refractivity contribution in [3.05, 3.63) is 54.0 Å². The Hall–Kier alpha value is -2.73. The summed E-state index contributed by atoms with van der Waals surface area (Å²) in [6.45, 7) is 1.98. The molecule has 6 heteroatoms. The molecule has 0 saturated heterocycles. The van der Waals surface area contributed by atoms with Crippen LogP contribution in [0.5, 0.6) is 0 Å². The molecule has 0 fully saturated rings. The zero-order valence-corrected chi connectivity index (χ0v) is 12.2. The predicted octanol–water partition coefficient (Wildman–Crippen LogP) is 2.80. The quantitative estimate of drug-likeness (QED) is 0.801. The molecule has 0 amide bonds. The maximum Gasteiger partial charge on any atom is 0.356 e. The molecule has 0 spiro atoms. The normalized spacial score (nSPS) is 12.5. The first-order valence-electron chi connectivity index (χ1n) is 6.80. The van der Waals surface area contributed by atoms with Crippen LogP contribution in [-0.4, -0.2) is 32.8 Å². The van der Waals surface area contributed by atoms with E-state index in [-0.39, 0.29) is 11.8 Å². The van der Waals surface area contributed by atoms with Crippen LogP contribution in [0.2, 0.25) is 0 Å². The summed E-state index contributed by atoms with van der Waals surface area (Å²) in [6.07, 6.45) is 3.48. The summed E-state index contributed by atoms with van der Waals surface area (Å²) in [7, 11) is 1.67. The molecule has 3 rings (SSSR count). The molecule has 3 aromatic rings. The molecule has 0 aliphatic carbocycles. The van der Waals surface area contributed by atoms with Crippen molar-refractivity contribution in [2.45, 2.75) is 13.0 Å². The molecule has 22 heavy (non-hydrogen) atoms. The molecule has 0 aliphatic heterocycles. The fraction of sp³-hybridized carbons (Fsp3) is 0.188. The molecule has 1 aromatic carbocycles. The lowest BCUT2D eigenvalue weighted by molar-refractivity contribution is 0.0690. The number of benzene rings is 1. The Kier molecular flexibility index (Phi) is 3.60. The molecular weight excluding hydrogens is 282 g/mol. The molecule has 0 saturated carbocycles. The lowest BCUT2D eigenvalue weighted by Crippen LogP contribution is -1.98. The van der Waals surface area contributed by atoms with Crippen LogP contribution in [0.15, 0.2) is 42.7 Å². The molecule has 2 heterocycles. The number of carboxylic acids is 1. The zero-order chi connectivity index (χ0) is 15.7. The van der Waals surface area contributed by atoms with Crippen molar-refractivity contribution in [2.75, 3.05) is 7.11 Å². The SMILES string of the molecule is CO[C@@H](C)c1cccc(-c2cnc3cc(C(=O)O)nn3c2)c1. The number of ether oxygens (including phenoxy) is 1. The summed E-state index contributed by atoms with van der Waals surface area (Å²) in [6, 6.07) is 9.39. The van der Waals surface area contributed by atoms with E-state index in [9.17, 15) is 4.79 Å². The summed E-state index contributed by atoms with van der Waals surface area (Å²) >= 11 is 0. The summed E-state index contributed by atoms with van der Waals surface area (Å²) in [4.78, 5) is 15.2. The molecule has 1 N–H and O–H groups in total. The van der Waals surface area contributed by atoms with Crippen molar-refractivity contribution >= 4 is 11.6 Å². The van der Waals surface area contributed by atoms with Gasteiger partial charge in [0.1, 0.15) is 0 Å². The highest BCUT2D eigenvalue weighted by molar-refractivity contribution is 5.86. The Morgan fingerprint density at radius 2 is 2.14 bits per heavy atom. The number of nitrogens with zero attached hydrogens (tertiary/aromatic N) is 3. The van der Waals surface area contributed by atoms with Gasteiger partial charge in [-0.25, -0.2) is 14.3 Å². The van der Waals surface area contributed by atoms with Crippen molar-refractivity contribution < 1.29 is 14.6 Å². The third kappa shape index (κ3) is 2.56. The van der Waals surface area contributed by atoms with Crippen LogP contribution in [0.3, 0.4) is 0 Å². The Labute approximate surface area is 127 Å². The standard InChI is InChI=1S/C16H15N3O3/c1-10(22-2)11-4-3-5-12(6-11)13-8-17-15-7-14(16(20)21)18-19(15)9-13/h3-10H,1-2H3,(H,20,21)/t10-/m0/s1. The number of methoxy groups -OCH3 is 1. The zero-order valence-electron chi connectivity index (χ0n) is 12.2. The van der Waals surface area contributed by atoms with E-state index in [0.717, 1.165) is 16.7 Å². The van der Waals surface area contributed by atoms with Crippen LogP contribution in [0.1, 0.15) is 29.1 Å². The molecule has 6 nitrogen and oxygen atoms in total. The van der Waals surface area contributed by atoms with Gasteiger partial charge in [0.15, 0.2) is 11.3 Å². The molecule has 112 valence electrons. The summed E-state index contributed by atoms with van der Waals surface area (Å²) < 4.78 is 6.81. The molecule has 0 aliphatic rings. The Morgan fingerprint density at radius 3 is 2.86 bits per heavy atom. The van der Waals surface area contributed by atoms with Crippen LogP contribution in [0.25, 0.3) is 16.8 Å².